The van der Waals surface area contributed by atoms with Crippen molar-refractivity contribution in [2.24, 2.45) is 0 Å². The molecule has 0 saturated carbocycles. The number of amides is 1. The topological polar surface area (TPSA) is 94.8 Å². The number of rotatable bonds is 6. The Balaban J connectivity index is 2.37. The van der Waals surface area contributed by atoms with Crippen molar-refractivity contribution < 1.29 is 39.7 Å². The highest BCUT2D eigenvalue weighted by molar-refractivity contribution is 7.88. The highest BCUT2D eigenvalue weighted by Crippen LogP contribution is 2.37. The molecule has 138 valence electrons. The first-order chi connectivity index (χ1) is 11.5. The fourth-order valence-corrected chi connectivity index (χ4v) is 2.51. The Morgan fingerprint density at radius 1 is 1.28 bits per heavy atom. The Morgan fingerprint density at radius 3 is 2.52 bits per heavy atom. The van der Waals surface area contributed by atoms with Crippen LogP contribution in [0.2, 0.25) is 0 Å². The zero-order chi connectivity index (χ0) is 18.8. The lowest BCUT2D eigenvalue weighted by Gasteiger charge is -2.12. The molecule has 0 atom stereocenters. The summed E-state index contributed by atoms with van der Waals surface area (Å²) in [6.07, 6.45) is 1.75. The normalized spacial score (nSPS) is 12.2. The van der Waals surface area contributed by atoms with Gasteiger partial charge in [-0.3, -0.25) is 4.79 Å². The van der Waals surface area contributed by atoms with Crippen LogP contribution in [0.3, 0.4) is 0 Å². The first-order valence-corrected chi connectivity index (χ1v) is 8.29. The maximum absolute atomic E-state index is 12.5. The van der Waals surface area contributed by atoms with Gasteiger partial charge < -0.3 is 18.7 Å². The van der Waals surface area contributed by atoms with Crippen molar-refractivity contribution in [2.45, 2.75) is 18.9 Å². The number of carbonyl (C=O) groups excluding carboxylic acids is 1. The average molecular weight is 381 g/mol. The zero-order valence-electron chi connectivity index (χ0n) is 13.1. The summed E-state index contributed by atoms with van der Waals surface area (Å²) >= 11 is 0. The van der Waals surface area contributed by atoms with Crippen molar-refractivity contribution >= 4 is 27.0 Å². The maximum Gasteiger partial charge on any atom is 0.534 e. The fourth-order valence-electron chi connectivity index (χ4n) is 2.04. The van der Waals surface area contributed by atoms with Crippen LogP contribution >= 0.6 is 0 Å². The first-order valence-electron chi connectivity index (χ1n) is 6.88. The minimum absolute atomic E-state index is 0.117. The van der Waals surface area contributed by atoms with Gasteiger partial charge in [0, 0.05) is 30.5 Å². The SMILES string of the molecule is COc1cc2c(CCNC(C)=O)coc2cc1OS(=O)(=O)C(F)(F)F. The van der Waals surface area contributed by atoms with E-state index in [-0.39, 0.29) is 17.2 Å². The number of halogens is 3. The number of nitrogens with one attached hydrogen (secondary N) is 1. The van der Waals surface area contributed by atoms with E-state index >= 15 is 0 Å². The van der Waals surface area contributed by atoms with Crippen LogP contribution in [-0.4, -0.2) is 33.5 Å². The van der Waals surface area contributed by atoms with E-state index in [9.17, 15) is 26.4 Å². The summed E-state index contributed by atoms with van der Waals surface area (Å²) in [7, 11) is -4.68. The van der Waals surface area contributed by atoms with Crippen LogP contribution in [0.15, 0.2) is 22.8 Å². The van der Waals surface area contributed by atoms with Gasteiger partial charge in [0.1, 0.15) is 5.58 Å². The molecule has 1 N–H and O–H groups in total. The molecule has 7 nitrogen and oxygen atoms in total. The summed E-state index contributed by atoms with van der Waals surface area (Å²) in [5.74, 6) is -1.06. The molecule has 1 amide bonds. The molecule has 0 unspecified atom stereocenters. The Hall–Kier alpha value is -2.43. The van der Waals surface area contributed by atoms with E-state index in [2.05, 4.69) is 9.50 Å². The summed E-state index contributed by atoms with van der Waals surface area (Å²) < 4.78 is 74.0. The van der Waals surface area contributed by atoms with Gasteiger partial charge in [-0.1, -0.05) is 0 Å². The number of alkyl halides is 3. The highest BCUT2D eigenvalue weighted by atomic mass is 32.2. The van der Waals surface area contributed by atoms with Crippen LogP contribution in [0.1, 0.15) is 12.5 Å². The van der Waals surface area contributed by atoms with Gasteiger partial charge in [0.2, 0.25) is 5.91 Å². The lowest BCUT2D eigenvalue weighted by atomic mass is 10.1. The van der Waals surface area contributed by atoms with Gasteiger partial charge in [0.25, 0.3) is 0 Å². The van der Waals surface area contributed by atoms with Crippen molar-refractivity contribution in [3.8, 4) is 11.5 Å². The van der Waals surface area contributed by atoms with E-state index in [1.54, 1.807) is 0 Å². The predicted molar refractivity (Wildman–Crippen MR) is 80.8 cm³/mol. The zero-order valence-corrected chi connectivity index (χ0v) is 14.0. The number of benzene rings is 1. The average Bonchev–Trinajstić information content (AvgIpc) is 2.86. The van der Waals surface area contributed by atoms with Crippen LogP contribution < -0.4 is 14.2 Å². The summed E-state index contributed by atoms with van der Waals surface area (Å²) in [4.78, 5) is 10.9. The molecule has 0 aliphatic heterocycles. The second-order valence-corrected chi connectivity index (χ2v) is 6.51. The van der Waals surface area contributed by atoms with E-state index in [1.165, 1.54) is 19.3 Å². The van der Waals surface area contributed by atoms with Crippen molar-refractivity contribution in [3.05, 3.63) is 24.0 Å². The van der Waals surface area contributed by atoms with E-state index in [0.29, 0.717) is 23.9 Å². The van der Waals surface area contributed by atoms with Crippen LogP contribution in [0, 0.1) is 0 Å². The molecular weight excluding hydrogens is 367 g/mol. The fraction of sp³-hybridized carbons (Fsp3) is 0.357. The minimum atomic E-state index is -5.84. The van der Waals surface area contributed by atoms with E-state index in [4.69, 9.17) is 9.15 Å². The van der Waals surface area contributed by atoms with Crippen molar-refractivity contribution in [1.29, 1.82) is 0 Å². The van der Waals surface area contributed by atoms with Gasteiger partial charge in [-0.15, -0.1) is 0 Å². The second-order valence-electron chi connectivity index (χ2n) is 4.98. The third kappa shape index (κ3) is 4.16. The molecule has 25 heavy (non-hydrogen) atoms. The molecule has 0 radical (unpaired) electrons. The van der Waals surface area contributed by atoms with Crippen LogP contribution in [0.4, 0.5) is 13.2 Å². The van der Waals surface area contributed by atoms with Crippen LogP contribution in [0.5, 0.6) is 11.5 Å². The number of hydrogen-bond donors (Lipinski definition) is 1. The lowest BCUT2D eigenvalue weighted by Crippen LogP contribution is -2.28. The maximum atomic E-state index is 12.5. The molecule has 0 saturated heterocycles. The third-order valence-corrected chi connectivity index (χ3v) is 4.16. The number of carbonyl (C=O) groups is 1. The molecule has 0 spiro atoms. The molecule has 2 rings (SSSR count). The molecule has 1 heterocycles. The van der Waals surface area contributed by atoms with E-state index < -0.39 is 21.4 Å². The van der Waals surface area contributed by atoms with Crippen molar-refractivity contribution in [3.63, 3.8) is 0 Å². The van der Waals surface area contributed by atoms with Crippen LogP contribution in [0.25, 0.3) is 11.0 Å². The Morgan fingerprint density at radius 2 is 1.96 bits per heavy atom. The molecule has 11 heteroatoms. The van der Waals surface area contributed by atoms with Gasteiger partial charge in [-0.25, -0.2) is 0 Å². The first kappa shape index (κ1) is 18.9. The van der Waals surface area contributed by atoms with Crippen molar-refractivity contribution in [1.82, 2.24) is 5.32 Å². The Kier molecular flexibility index (Phi) is 5.16. The molecular formula is C14H14F3NO6S. The molecule has 2 aromatic rings. The Labute approximate surface area is 140 Å². The minimum Gasteiger partial charge on any atom is -0.493 e. The summed E-state index contributed by atoms with van der Waals surface area (Å²) in [5.41, 5.74) is -4.79. The van der Waals surface area contributed by atoms with E-state index in [0.717, 1.165) is 13.2 Å². The molecule has 1 aromatic heterocycles. The Bertz CT molecular complexity index is 888. The number of ether oxygens (including phenoxy) is 1. The summed E-state index contributed by atoms with van der Waals surface area (Å²) in [6.45, 7) is 1.69. The largest absolute Gasteiger partial charge is 0.534 e. The molecule has 0 aliphatic rings. The highest BCUT2D eigenvalue weighted by Gasteiger charge is 2.49. The number of methoxy groups -OCH3 is 1. The van der Waals surface area contributed by atoms with Gasteiger partial charge in [0.15, 0.2) is 11.5 Å². The summed E-state index contributed by atoms with van der Waals surface area (Å²) in [6, 6.07) is 2.31. The van der Waals surface area contributed by atoms with Crippen LogP contribution in [-0.2, 0) is 21.3 Å². The third-order valence-electron chi connectivity index (χ3n) is 3.19. The molecule has 0 bridgehead atoms. The lowest BCUT2D eigenvalue weighted by molar-refractivity contribution is -0.118. The number of furan rings is 1. The van der Waals surface area contributed by atoms with E-state index in [1.807, 2.05) is 0 Å². The van der Waals surface area contributed by atoms with Crippen molar-refractivity contribution in [2.75, 3.05) is 13.7 Å². The molecule has 1 aromatic carbocycles. The number of hydrogen-bond acceptors (Lipinski definition) is 6. The second kappa shape index (κ2) is 6.82. The van der Waals surface area contributed by atoms with Gasteiger partial charge >= 0.3 is 15.6 Å². The smallest absolute Gasteiger partial charge is 0.493 e. The van der Waals surface area contributed by atoms with Gasteiger partial charge in [0.05, 0.1) is 13.4 Å². The predicted octanol–water partition coefficient (Wildman–Crippen LogP) is 2.35. The molecule has 0 fully saturated rings. The standard InChI is InChI=1S/C14H14F3NO6S/c1-8(19)18-4-3-9-7-23-11-6-13(12(22-2)5-10(9)11)24-25(20,21)14(15,16)17/h5-7H,3-4H2,1-2H3,(H,18,19). The van der Waals surface area contributed by atoms with Gasteiger partial charge in [-0.2, -0.15) is 21.6 Å². The van der Waals surface area contributed by atoms with Gasteiger partial charge in [-0.05, 0) is 12.5 Å². The quantitative estimate of drug-likeness (QED) is 0.610. The number of fused-ring (bicyclic) bond motifs is 1. The molecule has 0 aliphatic carbocycles. The summed E-state index contributed by atoms with van der Waals surface area (Å²) in [5, 5.41) is 3.09. The monoisotopic (exact) mass is 381 g/mol.